The van der Waals surface area contributed by atoms with Crippen LogP contribution in [0.2, 0.25) is 0 Å². The van der Waals surface area contributed by atoms with E-state index < -0.39 is 5.41 Å². The van der Waals surface area contributed by atoms with Gasteiger partial charge in [0.25, 0.3) is 0 Å². The fourth-order valence-corrected chi connectivity index (χ4v) is 5.49. The van der Waals surface area contributed by atoms with Gasteiger partial charge in [-0.25, -0.2) is 0 Å². The molecule has 1 aliphatic heterocycles. The van der Waals surface area contributed by atoms with Gasteiger partial charge >= 0.3 is 0 Å². The number of carbonyl (C=O) groups excluding carboxylic acids is 2. The summed E-state index contributed by atoms with van der Waals surface area (Å²) in [5.74, 6) is -0.339. The fourth-order valence-electron chi connectivity index (χ4n) is 5.49. The Balaban J connectivity index is 1.86. The largest absolute Gasteiger partial charge is 0.346 e. The average molecular weight is 482 g/mol. The number of likely N-dealkylation sites (N-methyl/N-ethyl adjacent to an activating group) is 1. The number of allylic oxidation sites excluding steroid dienone is 1. The lowest BCUT2D eigenvalue weighted by Crippen LogP contribution is -2.33. The van der Waals surface area contributed by atoms with E-state index in [0.29, 0.717) is 23.3 Å². The molecule has 1 unspecified atom stereocenters. The predicted molar refractivity (Wildman–Crippen MR) is 145 cm³/mol. The average Bonchev–Trinajstić information content (AvgIpc) is 3.02. The Morgan fingerprint density at radius 1 is 1.22 bits per heavy atom. The normalized spacial score (nSPS) is 20.9. The molecule has 186 valence electrons. The minimum Gasteiger partial charge on any atom is -0.346 e. The summed E-state index contributed by atoms with van der Waals surface area (Å²) in [5, 5.41) is 9.83. The monoisotopic (exact) mass is 481 g/mol. The van der Waals surface area contributed by atoms with Gasteiger partial charge in [0.2, 0.25) is 0 Å². The molecule has 2 aromatic rings. The maximum Gasteiger partial charge on any atom is 0.182 e. The number of nitriles is 1. The summed E-state index contributed by atoms with van der Waals surface area (Å²) in [5.41, 5.74) is 7.46. The Bertz CT molecular complexity index is 1390. The van der Waals surface area contributed by atoms with Crippen molar-refractivity contribution >= 4 is 23.0 Å². The van der Waals surface area contributed by atoms with E-state index in [4.69, 9.17) is 4.99 Å². The number of rotatable bonds is 4. The zero-order valence-electron chi connectivity index (χ0n) is 22.6. The second kappa shape index (κ2) is 8.85. The van der Waals surface area contributed by atoms with Crippen LogP contribution in [0.15, 0.2) is 47.2 Å². The van der Waals surface area contributed by atoms with Gasteiger partial charge in [-0.05, 0) is 62.1 Å². The lowest BCUT2D eigenvalue weighted by molar-refractivity contribution is -0.113. The molecule has 0 N–H and O–H groups in total. The van der Waals surface area contributed by atoms with Crippen molar-refractivity contribution in [3.63, 3.8) is 0 Å². The Kier molecular flexibility index (Phi) is 6.29. The Morgan fingerprint density at radius 3 is 2.53 bits per heavy atom. The van der Waals surface area contributed by atoms with Crippen LogP contribution in [0.4, 0.5) is 5.69 Å². The zero-order chi connectivity index (χ0) is 26.6. The van der Waals surface area contributed by atoms with E-state index in [2.05, 4.69) is 50.8 Å². The van der Waals surface area contributed by atoms with Crippen molar-refractivity contribution in [3.05, 3.63) is 75.6 Å². The highest BCUT2D eigenvalue weighted by Gasteiger charge is 2.41. The van der Waals surface area contributed by atoms with E-state index in [1.165, 1.54) is 16.7 Å². The molecule has 0 spiro atoms. The molecule has 0 aromatic heterocycles. The van der Waals surface area contributed by atoms with Crippen LogP contribution in [0.3, 0.4) is 0 Å². The summed E-state index contributed by atoms with van der Waals surface area (Å²) in [6.45, 7) is 14.1. The van der Waals surface area contributed by atoms with Gasteiger partial charge in [-0.3, -0.25) is 14.6 Å². The van der Waals surface area contributed by atoms with Gasteiger partial charge in [-0.15, -0.1) is 0 Å². The Hall–Kier alpha value is -3.52. The SMILES string of the molecule is CCC(=O)c1ccc2c(c1)C(C(C)(C)C#N)CC(=O)C2=N/C=C1/N(C)c2cc(C)c(C)cc2C1(C)C. The number of aryl methyl sites for hydroxylation is 2. The molecule has 0 amide bonds. The number of ketones is 2. The molecule has 1 atom stereocenters. The van der Waals surface area contributed by atoms with Crippen molar-refractivity contribution in [2.24, 2.45) is 10.4 Å². The van der Waals surface area contributed by atoms with Crippen molar-refractivity contribution in [1.82, 2.24) is 0 Å². The highest BCUT2D eigenvalue weighted by Crippen LogP contribution is 2.48. The summed E-state index contributed by atoms with van der Waals surface area (Å²) >= 11 is 0. The zero-order valence-corrected chi connectivity index (χ0v) is 22.6. The van der Waals surface area contributed by atoms with Gasteiger partial charge < -0.3 is 4.90 Å². The quantitative estimate of drug-likeness (QED) is 0.464. The van der Waals surface area contributed by atoms with E-state index in [-0.39, 0.29) is 29.3 Å². The number of Topliss-reactive ketones (excluding diaryl/α,β-unsaturated/α-hetero) is 2. The lowest BCUT2D eigenvalue weighted by Gasteiger charge is -2.33. The van der Waals surface area contributed by atoms with Crippen molar-refractivity contribution in [2.75, 3.05) is 11.9 Å². The van der Waals surface area contributed by atoms with E-state index >= 15 is 0 Å². The van der Waals surface area contributed by atoms with E-state index in [0.717, 1.165) is 16.9 Å². The Labute approximate surface area is 214 Å². The third-order valence-electron chi connectivity index (χ3n) is 8.10. The predicted octanol–water partition coefficient (Wildman–Crippen LogP) is 6.56. The van der Waals surface area contributed by atoms with Crippen LogP contribution in [0.5, 0.6) is 0 Å². The smallest absolute Gasteiger partial charge is 0.182 e. The molecule has 1 aliphatic carbocycles. The molecule has 5 nitrogen and oxygen atoms in total. The first-order valence-electron chi connectivity index (χ1n) is 12.6. The van der Waals surface area contributed by atoms with Crippen LogP contribution in [-0.2, 0) is 10.2 Å². The van der Waals surface area contributed by atoms with Crippen LogP contribution in [0.1, 0.15) is 91.6 Å². The standard InChI is InChI=1S/C31H35N3O2/c1-9-26(35)20-10-11-21-22(14-20)23(30(4,5)17-32)15-27(36)29(21)33-16-28-31(6,7)24-12-18(2)19(3)13-25(24)34(28)8/h10-14,16,23H,9,15H2,1-8H3/b28-16+,33-29?. The highest BCUT2D eigenvalue weighted by molar-refractivity contribution is 6.47. The second-order valence-corrected chi connectivity index (χ2v) is 11.2. The first-order valence-corrected chi connectivity index (χ1v) is 12.6. The van der Waals surface area contributed by atoms with Gasteiger partial charge in [-0.1, -0.05) is 39.0 Å². The van der Waals surface area contributed by atoms with Crippen molar-refractivity contribution in [3.8, 4) is 6.07 Å². The maximum absolute atomic E-state index is 13.4. The number of hydrogen-bond donors (Lipinski definition) is 0. The van der Waals surface area contributed by atoms with Gasteiger partial charge in [0.15, 0.2) is 11.6 Å². The second-order valence-electron chi connectivity index (χ2n) is 11.2. The molecule has 2 aromatic carbocycles. The van der Waals surface area contributed by atoms with Gasteiger partial charge in [0.1, 0.15) is 5.71 Å². The van der Waals surface area contributed by atoms with E-state index in [9.17, 15) is 14.9 Å². The van der Waals surface area contributed by atoms with Crippen molar-refractivity contribution < 1.29 is 9.59 Å². The molecular formula is C31H35N3O2. The van der Waals surface area contributed by atoms with Gasteiger partial charge in [0, 0.05) is 59.9 Å². The number of carbonyl (C=O) groups is 2. The fraction of sp³-hybridized carbons (Fsp3) is 0.419. The third-order valence-corrected chi connectivity index (χ3v) is 8.10. The third kappa shape index (κ3) is 3.99. The lowest BCUT2D eigenvalue weighted by atomic mass is 9.68. The van der Waals surface area contributed by atoms with Crippen LogP contribution >= 0.6 is 0 Å². The van der Waals surface area contributed by atoms with Gasteiger partial charge in [0.05, 0.1) is 11.5 Å². The molecule has 0 bridgehead atoms. The number of aliphatic imine (C=N–C) groups is 1. The first-order chi connectivity index (χ1) is 16.8. The minimum absolute atomic E-state index is 0.0431. The molecule has 5 heteroatoms. The van der Waals surface area contributed by atoms with Crippen LogP contribution in [-0.4, -0.2) is 24.3 Å². The number of anilines is 1. The van der Waals surface area contributed by atoms with Crippen LogP contribution in [0, 0.1) is 30.6 Å². The minimum atomic E-state index is -0.757. The summed E-state index contributed by atoms with van der Waals surface area (Å²) < 4.78 is 0. The molecule has 0 radical (unpaired) electrons. The van der Waals surface area contributed by atoms with Crippen molar-refractivity contribution in [1.29, 1.82) is 5.26 Å². The number of hydrogen-bond acceptors (Lipinski definition) is 5. The summed E-state index contributed by atoms with van der Waals surface area (Å²) in [6, 6.07) is 12.3. The molecule has 36 heavy (non-hydrogen) atoms. The first kappa shape index (κ1) is 25.6. The summed E-state index contributed by atoms with van der Waals surface area (Å²) in [4.78, 5) is 32.8. The molecule has 1 heterocycles. The van der Waals surface area contributed by atoms with Gasteiger partial charge in [-0.2, -0.15) is 5.26 Å². The van der Waals surface area contributed by atoms with Crippen LogP contribution < -0.4 is 4.90 Å². The number of nitrogens with zero attached hydrogens (tertiary/aromatic N) is 3. The molecular weight excluding hydrogens is 446 g/mol. The van der Waals surface area contributed by atoms with Crippen LogP contribution in [0.25, 0.3) is 0 Å². The molecule has 4 rings (SSSR count). The molecule has 0 fully saturated rings. The van der Waals surface area contributed by atoms with E-state index in [1.807, 2.05) is 46.2 Å². The molecule has 2 aliphatic rings. The summed E-state index contributed by atoms with van der Waals surface area (Å²) in [7, 11) is 2.04. The Morgan fingerprint density at radius 2 is 1.89 bits per heavy atom. The van der Waals surface area contributed by atoms with Crippen molar-refractivity contribution in [2.45, 2.75) is 72.6 Å². The summed E-state index contributed by atoms with van der Waals surface area (Å²) in [6.07, 6.45) is 2.41. The topological polar surface area (TPSA) is 73.5 Å². The maximum atomic E-state index is 13.4. The highest BCUT2D eigenvalue weighted by atomic mass is 16.1. The number of benzene rings is 2. The molecule has 0 saturated heterocycles. The van der Waals surface area contributed by atoms with E-state index in [1.54, 1.807) is 6.07 Å². The number of fused-ring (bicyclic) bond motifs is 2. The molecule has 0 saturated carbocycles.